The van der Waals surface area contributed by atoms with Gasteiger partial charge < -0.3 is 16.0 Å². The van der Waals surface area contributed by atoms with E-state index in [-0.39, 0.29) is 17.9 Å². The second kappa shape index (κ2) is 13.9. The van der Waals surface area contributed by atoms with Crippen LogP contribution in [0.1, 0.15) is 30.1 Å². The van der Waals surface area contributed by atoms with Crippen LogP contribution in [0.15, 0.2) is 109 Å². The van der Waals surface area contributed by atoms with Crippen molar-refractivity contribution in [1.82, 2.24) is 10.6 Å². The number of rotatable bonds is 11. The van der Waals surface area contributed by atoms with Crippen LogP contribution in [-0.2, 0) is 9.59 Å². The van der Waals surface area contributed by atoms with Crippen LogP contribution >= 0.6 is 23.2 Å². The molecule has 0 radical (unpaired) electrons. The first-order valence-electron chi connectivity index (χ1n) is 12.6. The van der Waals surface area contributed by atoms with Gasteiger partial charge in [-0.3, -0.25) is 14.9 Å². The molecule has 0 aliphatic carbocycles. The fourth-order valence-corrected chi connectivity index (χ4v) is 4.36. The third-order valence-electron chi connectivity index (χ3n) is 6.09. The van der Waals surface area contributed by atoms with Crippen LogP contribution in [-0.4, -0.2) is 24.4 Å². The Morgan fingerprint density at radius 2 is 1.03 bits per heavy atom. The molecule has 2 amide bonds. The number of anilines is 2. The highest BCUT2D eigenvalue weighted by Gasteiger charge is 2.25. The molecule has 0 unspecified atom stereocenters. The van der Waals surface area contributed by atoms with E-state index < -0.39 is 12.1 Å². The van der Waals surface area contributed by atoms with Crippen molar-refractivity contribution >= 4 is 46.4 Å². The van der Waals surface area contributed by atoms with Crippen molar-refractivity contribution in [2.24, 2.45) is 0 Å². The average Bonchev–Trinajstić information content (AvgIpc) is 2.95. The zero-order valence-corrected chi connectivity index (χ0v) is 22.9. The molecule has 39 heavy (non-hydrogen) atoms. The minimum Gasteiger partial charge on any atom is -0.324 e. The first-order valence-corrected chi connectivity index (χ1v) is 13.4. The molecule has 0 heterocycles. The van der Waals surface area contributed by atoms with Gasteiger partial charge in [0, 0.05) is 34.0 Å². The fraction of sp³-hybridized carbons (Fsp3) is 0.161. The lowest BCUT2D eigenvalue weighted by Crippen LogP contribution is -2.45. The molecule has 3 atom stereocenters. The summed E-state index contributed by atoms with van der Waals surface area (Å²) in [5, 5.41) is 13.9. The van der Waals surface area contributed by atoms with Gasteiger partial charge in [-0.15, -0.1) is 0 Å². The Bertz CT molecular complexity index is 1350. The van der Waals surface area contributed by atoms with Crippen molar-refractivity contribution in [2.75, 3.05) is 17.2 Å². The van der Waals surface area contributed by atoms with Crippen LogP contribution in [0.25, 0.3) is 0 Å². The van der Waals surface area contributed by atoms with Crippen molar-refractivity contribution < 1.29 is 9.59 Å². The van der Waals surface area contributed by atoms with Crippen molar-refractivity contribution in [3.8, 4) is 0 Å². The van der Waals surface area contributed by atoms with Gasteiger partial charge in [-0.1, -0.05) is 83.9 Å². The molecule has 0 aliphatic heterocycles. The standard InChI is InChI=1S/C31H30Cl2N4O2/c1-21(35-29(23-10-6-3-7-11-23)31(39)37-27-18-14-25(33)15-19-27)20-34-28(22-8-4-2-5-9-22)30(38)36-26-16-12-24(32)13-17-26/h2-19,21,28-29,34-35H,20H2,1H3,(H,36,38)(H,37,39)/t21-,28+,29-/m1/s1. The van der Waals surface area contributed by atoms with Gasteiger partial charge in [-0.05, 0) is 66.6 Å². The van der Waals surface area contributed by atoms with Crippen molar-refractivity contribution in [2.45, 2.75) is 25.0 Å². The summed E-state index contributed by atoms with van der Waals surface area (Å²) in [6, 6.07) is 31.6. The van der Waals surface area contributed by atoms with E-state index in [0.717, 1.165) is 11.1 Å². The van der Waals surface area contributed by atoms with Crippen molar-refractivity contribution in [3.05, 3.63) is 130 Å². The predicted octanol–water partition coefficient (Wildman–Crippen LogP) is 6.62. The molecule has 0 aliphatic rings. The van der Waals surface area contributed by atoms with Crippen LogP contribution in [0.2, 0.25) is 10.0 Å². The monoisotopic (exact) mass is 560 g/mol. The van der Waals surface area contributed by atoms with Gasteiger partial charge in [0.1, 0.15) is 12.1 Å². The Kier molecular flexibility index (Phi) is 10.1. The summed E-state index contributed by atoms with van der Waals surface area (Å²) in [5.74, 6) is -0.397. The summed E-state index contributed by atoms with van der Waals surface area (Å²) in [6.45, 7) is 2.39. The van der Waals surface area contributed by atoms with E-state index in [9.17, 15) is 9.59 Å². The van der Waals surface area contributed by atoms with Gasteiger partial charge in [-0.25, -0.2) is 0 Å². The topological polar surface area (TPSA) is 82.3 Å². The third kappa shape index (κ3) is 8.40. The van der Waals surface area contributed by atoms with E-state index in [0.29, 0.717) is 28.0 Å². The van der Waals surface area contributed by atoms with E-state index in [1.807, 2.05) is 67.6 Å². The molecule has 0 spiro atoms. The summed E-state index contributed by atoms with van der Waals surface area (Å²) in [7, 11) is 0. The number of hydrogen-bond acceptors (Lipinski definition) is 4. The first kappa shape index (κ1) is 28.3. The Hall–Kier alpha value is -3.68. The predicted molar refractivity (Wildman–Crippen MR) is 159 cm³/mol. The van der Waals surface area contributed by atoms with Gasteiger partial charge in [-0.2, -0.15) is 0 Å². The molecule has 0 fully saturated rings. The minimum absolute atomic E-state index is 0.166. The zero-order chi connectivity index (χ0) is 27.6. The molecule has 6 nitrogen and oxygen atoms in total. The van der Waals surface area contributed by atoms with E-state index in [1.54, 1.807) is 48.5 Å². The SMILES string of the molecule is C[C@H](CN[C@H](C(=O)Nc1ccc(Cl)cc1)c1ccccc1)N[C@@H](C(=O)Nc1ccc(Cl)cc1)c1ccccc1. The molecule has 8 heteroatoms. The number of hydrogen-bond donors (Lipinski definition) is 4. The summed E-state index contributed by atoms with van der Waals surface area (Å²) < 4.78 is 0. The van der Waals surface area contributed by atoms with Gasteiger partial charge in [0.25, 0.3) is 0 Å². The first-order chi connectivity index (χ1) is 18.9. The largest absolute Gasteiger partial charge is 0.324 e. The van der Waals surface area contributed by atoms with Crippen molar-refractivity contribution in [1.29, 1.82) is 0 Å². The lowest BCUT2D eigenvalue weighted by atomic mass is 10.0. The van der Waals surface area contributed by atoms with E-state index in [1.165, 1.54) is 0 Å². The number of carbonyl (C=O) groups excluding carboxylic acids is 2. The Balaban J connectivity index is 1.46. The molecule has 200 valence electrons. The molecule has 0 saturated heterocycles. The van der Waals surface area contributed by atoms with Crippen LogP contribution in [0.3, 0.4) is 0 Å². The van der Waals surface area contributed by atoms with Gasteiger partial charge in [0.05, 0.1) is 0 Å². The Labute approximate surface area is 238 Å². The summed E-state index contributed by atoms with van der Waals surface area (Å²) in [6.07, 6.45) is 0. The lowest BCUT2D eigenvalue weighted by Gasteiger charge is -2.26. The summed E-state index contributed by atoms with van der Waals surface area (Å²) in [5.41, 5.74) is 2.97. The summed E-state index contributed by atoms with van der Waals surface area (Å²) in [4.78, 5) is 26.6. The van der Waals surface area contributed by atoms with E-state index >= 15 is 0 Å². The maximum atomic E-state index is 13.3. The molecular formula is C31H30Cl2N4O2. The molecule has 4 rings (SSSR count). The molecule has 0 bridgehead atoms. The maximum Gasteiger partial charge on any atom is 0.246 e. The number of nitrogens with one attached hydrogen (secondary N) is 4. The van der Waals surface area contributed by atoms with Gasteiger partial charge in [0.2, 0.25) is 11.8 Å². The molecule has 0 aromatic heterocycles. The highest BCUT2D eigenvalue weighted by Crippen LogP contribution is 2.20. The normalized spacial score (nSPS) is 13.2. The maximum absolute atomic E-state index is 13.3. The van der Waals surface area contributed by atoms with E-state index in [4.69, 9.17) is 23.2 Å². The fourth-order valence-electron chi connectivity index (χ4n) is 4.11. The van der Waals surface area contributed by atoms with Crippen LogP contribution in [0.5, 0.6) is 0 Å². The molecule has 0 saturated carbocycles. The Morgan fingerprint density at radius 3 is 1.49 bits per heavy atom. The van der Waals surface area contributed by atoms with Crippen LogP contribution in [0.4, 0.5) is 11.4 Å². The molecular weight excluding hydrogens is 531 g/mol. The number of amides is 2. The number of benzene rings is 4. The van der Waals surface area contributed by atoms with Gasteiger partial charge >= 0.3 is 0 Å². The second-order valence-electron chi connectivity index (χ2n) is 9.16. The van der Waals surface area contributed by atoms with E-state index in [2.05, 4.69) is 21.3 Å². The highest BCUT2D eigenvalue weighted by molar-refractivity contribution is 6.31. The van der Waals surface area contributed by atoms with Crippen LogP contribution in [0, 0.1) is 0 Å². The summed E-state index contributed by atoms with van der Waals surface area (Å²) >= 11 is 12.0. The average molecular weight is 562 g/mol. The quantitative estimate of drug-likeness (QED) is 0.166. The van der Waals surface area contributed by atoms with Crippen molar-refractivity contribution in [3.63, 3.8) is 0 Å². The smallest absolute Gasteiger partial charge is 0.246 e. The van der Waals surface area contributed by atoms with Crippen LogP contribution < -0.4 is 21.3 Å². The Morgan fingerprint density at radius 1 is 0.615 bits per heavy atom. The third-order valence-corrected chi connectivity index (χ3v) is 6.60. The highest BCUT2D eigenvalue weighted by atomic mass is 35.5. The molecule has 4 N–H and O–H groups in total. The minimum atomic E-state index is -0.614. The van der Waals surface area contributed by atoms with Gasteiger partial charge in [0.15, 0.2) is 0 Å². The number of halogens is 2. The molecule has 4 aromatic carbocycles. The number of carbonyl (C=O) groups is 2. The lowest BCUT2D eigenvalue weighted by molar-refractivity contribution is -0.119. The second-order valence-corrected chi connectivity index (χ2v) is 10.0. The molecule has 4 aromatic rings. The zero-order valence-electron chi connectivity index (χ0n) is 21.4.